The summed E-state index contributed by atoms with van der Waals surface area (Å²) in [4.78, 5) is 11.2. The topological polar surface area (TPSA) is 137 Å². The van der Waals surface area contributed by atoms with Crippen LogP contribution in [0.25, 0.3) is 0 Å². The third-order valence-electron chi connectivity index (χ3n) is 3.59. The Balaban J connectivity index is 0.000000296. The molecule has 0 aliphatic rings. The van der Waals surface area contributed by atoms with E-state index in [2.05, 4.69) is 25.1 Å². The van der Waals surface area contributed by atoms with Gasteiger partial charge in [-0.25, -0.2) is 4.79 Å². The van der Waals surface area contributed by atoms with Crippen LogP contribution in [-0.4, -0.2) is 57.9 Å². The lowest BCUT2D eigenvalue weighted by Crippen LogP contribution is -2.20. The Morgan fingerprint density at radius 3 is 1.72 bits per heavy atom. The fraction of sp³-hybridized carbons (Fsp3) is 0.500. The first-order chi connectivity index (χ1) is 13.3. The van der Waals surface area contributed by atoms with Crippen molar-refractivity contribution in [3.05, 3.63) is 34.1 Å². The molecule has 29 heavy (non-hydrogen) atoms. The maximum absolute atomic E-state index is 11.2. The summed E-state index contributed by atoms with van der Waals surface area (Å²) in [5.41, 5.74) is -1.28. The summed E-state index contributed by atoms with van der Waals surface area (Å²) in [5, 5.41) is 34.5. The van der Waals surface area contributed by atoms with Gasteiger partial charge in [0.25, 0.3) is 0 Å². The van der Waals surface area contributed by atoms with Crippen molar-refractivity contribution >= 4 is 17.6 Å². The number of nitrogens with zero attached hydrogens (tertiary/aromatic N) is 4. The van der Waals surface area contributed by atoms with Crippen LogP contribution in [-0.2, 0) is 15.9 Å². The summed E-state index contributed by atoms with van der Waals surface area (Å²) in [6.07, 6.45) is 0. The second-order valence-corrected chi connectivity index (χ2v) is 7.24. The van der Waals surface area contributed by atoms with E-state index in [9.17, 15) is 15.0 Å². The Bertz CT molecular complexity index is 849. The molecule has 0 atom stereocenters. The zero-order valence-corrected chi connectivity index (χ0v) is 18.1. The summed E-state index contributed by atoms with van der Waals surface area (Å²) in [5.74, 6) is -0.141. The summed E-state index contributed by atoms with van der Waals surface area (Å²) >= 11 is 5.64. The average Bonchev–Trinajstić information content (AvgIpc) is 2.66. The van der Waals surface area contributed by atoms with Crippen LogP contribution in [0.5, 0.6) is 11.8 Å². The predicted molar refractivity (Wildman–Crippen MR) is 104 cm³/mol. The Morgan fingerprint density at radius 1 is 0.862 bits per heavy atom. The average molecular weight is 429 g/mol. The lowest BCUT2D eigenvalue weighted by atomic mass is 9.99. The van der Waals surface area contributed by atoms with Gasteiger partial charge in [-0.05, 0) is 39.8 Å². The predicted octanol–water partition coefficient (Wildman–Crippen LogP) is 1.87. The van der Waals surface area contributed by atoms with Crippen molar-refractivity contribution in [3.8, 4) is 11.8 Å². The van der Waals surface area contributed by atoms with E-state index in [0.29, 0.717) is 11.1 Å². The van der Waals surface area contributed by atoms with E-state index in [-0.39, 0.29) is 22.6 Å². The molecule has 160 valence electrons. The van der Waals surface area contributed by atoms with Crippen molar-refractivity contribution in [3.63, 3.8) is 0 Å². The number of hydrogen-bond acceptors (Lipinski definition) is 10. The molecule has 2 aromatic heterocycles. The minimum absolute atomic E-state index is 0.0282. The number of aromatic nitrogens is 4. The largest absolute Gasteiger partial charge is 0.480 e. The van der Waals surface area contributed by atoms with Crippen LogP contribution in [0.15, 0.2) is 12.1 Å². The van der Waals surface area contributed by atoms with Gasteiger partial charge in [0.2, 0.25) is 11.8 Å². The first kappa shape index (κ1) is 24.5. The normalized spacial score (nSPS) is 11.2. The highest BCUT2D eigenvalue weighted by Gasteiger charge is 2.25. The molecule has 0 aliphatic carbocycles. The zero-order valence-electron chi connectivity index (χ0n) is 17.3. The van der Waals surface area contributed by atoms with Crippen LogP contribution in [0, 0.1) is 0 Å². The monoisotopic (exact) mass is 428 g/mol. The molecule has 0 radical (unpaired) electrons. The first-order valence-corrected chi connectivity index (χ1v) is 8.75. The van der Waals surface area contributed by atoms with Gasteiger partial charge < -0.3 is 24.4 Å². The number of methoxy groups -OCH3 is 3. The standard InChI is InChI=1S/C10H14N2O4.C8H11ClN2O2/c1-10(2,14)6-5-7(9(13)16-4)11-12-8(6)15-3;1-8(2,12)5-4-6(9)10-11-7(5)13-3/h5,14H,1-4H3;4,12H,1-3H3. The summed E-state index contributed by atoms with van der Waals surface area (Å²) in [6.45, 7) is 6.38. The Morgan fingerprint density at radius 2 is 1.31 bits per heavy atom. The van der Waals surface area contributed by atoms with Gasteiger partial charge in [0.1, 0.15) is 0 Å². The lowest BCUT2D eigenvalue weighted by Gasteiger charge is -2.19. The highest BCUT2D eigenvalue weighted by molar-refractivity contribution is 6.29. The van der Waals surface area contributed by atoms with Crippen LogP contribution in [0.4, 0.5) is 0 Å². The number of hydrogen-bond donors (Lipinski definition) is 2. The van der Waals surface area contributed by atoms with Gasteiger partial charge in [-0.3, -0.25) is 0 Å². The van der Waals surface area contributed by atoms with Crippen LogP contribution < -0.4 is 9.47 Å². The van der Waals surface area contributed by atoms with Gasteiger partial charge in [0.05, 0.1) is 32.5 Å². The highest BCUT2D eigenvalue weighted by atomic mass is 35.5. The fourth-order valence-corrected chi connectivity index (χ4v) is 2.27. The van der Waals surface area contributed by atoms with Crippen LogP contribution in [0.2, 0.25) is 5.15 Å². The number of carbonyl (C=O) groups is 1. The fourth-order valence-electron chi connectivity index (χ4n) is 2.12. The maximum Gasteiger partial charge on any atom is 0.358 e. The SMILES string of the molecule is COC(=O)c1cc(C(C)(C)O)c(OC)nn1.COc1nnc(Cl)cc1C(C)(C)O. The van der Waals surface area contributed by atoms with Crippen LogP contribution >= 0.6 is 11.6 Å². The summed E-state index contributed by atoms with van der Waals surface area (Å²) in [6, 6.07) is 2.94. The van der Waals surface area contributed by atoms with E-state index in [1.54, 1.807) is 27.7 Å². The number of esters is 1. The maximum atomic E-state index is 11.2. The molecule has 0 saturated heterocycles. The van der Waals surface area contributed by atoms with Gasteiger partial charge >= 0.3 is 5.97 Å². The quantitative estimate of drug-likeness (QED) is 0.678. The second-order valence-electron chi connectivity index (χ2n) is 6.85. The molecule has 0 bridgehead atoms. The van der Waals surface area contributed by atoms with Gasteiger partial charge in [-0.2, -0.15) is 0 Å². The second kappa shape index (κ2) is 9.77. The zero-order chi connectivity index (χ0) is 22.4. The molecule has 0 aliphatic heterocycles. The van der Waals surface area contributed by atoms with Gasteiger partial charge in [-0.1, -0.05) is 11.6 Å². The van der Waals surface area contributed by atoms with Gasteiger partial charge in [0.15, 0.2) is 10.8 Å². The minimum Gasteiger partial charge on any atom is -0.480 e. The van der Waals surface area contributed by atoms with E-state index in [1.807, 2.05) is 0 Å². The van der Waals surface area contributed by atoms with Crippen molar-refractivity contribution < 1.29 is 29.2 Å². The molecule has 11 heteroatoms. The molecule has 0 aromatic carbocycles. The van der Waals surface area contributed by atoms with Crippen molar-refractivity contribution in [2.45, 2.75) is 38.9 Å². The van der Waals surface area contributed by atoms with Crippen molar-refractivity contribution in [1.29, 1.82) is 0 Å². The third kappa shape index (κ3) is 6.77. The molecule has 0 spiro atoms. The first-order valence-electron chi connectivity index (χ1n) is 8.38. The molecule has 2 N–H and O–H groups in total. The van der Waals surface area contributed by atoms with E-state index in [1.165, 1.54) is 33.5 Å². The van der Waals surface area contributed by atoms with E-state index >= 15 is 0 Å². The van der Waals surface area contributed by atoms with E-state index in [4.69, 9.17) is 21.1 Å². The van der Waals surface area contributed by atoms with E-state index in [0.717, 1.165) is 0 Å². The van der Waals surface area contributed by atoms with Crippen molar-refractivity contribution in [2.75, 3.05) is 21.3 Å². The van der Waals surface area contributed by atoms with Crippen molar-refractivity contribution in [2.24, 2.45) is 0 Å². The molecule has 0 amide bonds. The number of rotatable bonds is 5. The number of aliphatic hydroxyl groups is 2. The van der Waals surface area contributed by atoms with Crippen LogP contribution in [0.1, 0.15) is 49.3 Å². The lowest BCUT2D eigenvalue weighted by molar-refractivity contribution is 0.0587. The molecule has 0 unspecified atom stereocenters. The smallest absolute Gasteiger partial charge is 0.358 e. The van der Waals surface area contributed by atoms with Gasteiger partial charge in [-0.15, -0.1) is 20.4 Å². The molecule has 2 aromatic rings. The third-order valence-corrected chi connectivity index (χ3v) is 3.77. The van der Waals surface area contributed by atoms with Gasteiger partial charge in [0, 0.05) is 11.1 Å². The number of carbonyl (C=O) groups excluding carboxylic acids is 1. The minimum atomic E-state index is -1.18. The molecule has 2 rings (SSSR count). The highest BCUT2D eigenvalue weighted by Crippen LogP contribution is 2.29. The molecular formula is C18H25ClN4O6. The molecular weight excluding hydrogens is 404 g/mol. The number of ether oxygens (including phenoxy) is 3. The van der Waals surface area contributed by atoms with E-state index < -0.39 is 17.2 Å². The molecule has 0 saturated carbocycles. The Kier molecular flexibility index (Phi) is 8.25. The van der Waals surface area contributed by atoms with Crippen molar-refractivity contribution in [1.82, 2.24) is 20.4 Å². The molecule has 10 nitrogen and oxygen atoms in total. The Labute approximate surface area is 173 Å². The summed E-state index contributed by atoms with van der Waals surface area (Å²) < 4.78 is 14.4. The molecule has 0 fully saturated rings. The summed E-state index contributed by atoms with van der Waals surface area (Å²) in [7, 11) is 4.13. The van der Waals surface area contributed by atoms with Crippen LogP contribution in [0.3, 0.4) is 0 Å². The number of halogens is 1. The Hall–Kier alpha value is -2.56. The molecule has 2 heterocycles.